The monoisotopic (exact) mass is 281 g/mol. The van der Waals surface area contributed by atoms with Gasteiger partial charge in [0.05, 0.1) is 6.04 Å². The van der Waals surface area contributed by atoms with Crippen LogP contribution in [-0.2, 0) is 6.42 Å². The largest absolute Gasteiger partial charge is 0.357 e. The van der Waals surface area contributed by atoms with Crippen molar-refractivity contribution in [1.82, 2.24) is 15.2 Å². The van der Waals surface area contributed by atoms with Gasteiger partial charge in [-0.25, -0.2) is 0 Å². The molecule has 2 aromatic rings. The Labute approximate surface area is 125 Å². The smallest absolute Gasteiger partial charge is 0.0516 e. The van der Waals surface area contributed by atoms with Crippen LogP contribution in [0.5, 0.6) is 0 Å². The molecular weight excluding hydrogens is 258 g/mol. The Morgan fingerprint density at radius 2 is 1.95 bits per heavy atom. The van der Waals surface area contributed by atoms with E-state index in [-0.39, 0.29) is 0 Å². The molecule has 1 saturated heterocycles. The van der Waals surface area contributed by atoms with E-state index in [4.69, 9.17) is 0 Å². The van der Waals surface area contributed by atoms with Crippen LogP contribution in [-0.4, -0.2) is 35.1 Å². The first kappa shape index (κ1) is 12.2. The minimum Gasteiger partial charge on any atom is -0.357 e. The number of piperidine rings is 1. The average Bonchev–Trinajstić information content (AvgIpc) is 3.25. The van der Waals surface area contributed by atoms with Gasteiger partial charge in [-0.2, -0.15) is 0 Å². The van der Waals surface area contributed by atoms with Crippen LogP contribution in [0.1, 0.15) is 43.0 Å². The molecule has 3 heterocycles. The molecule has 0 amide bonds. The van der Waals surface area contributed by atoms with Crippen molar-refractivity contribution in [2.45, 2.75) is 50.2 Å². The summed E-state index contributed by atoms with van der Waals surface area (Å²) in [6.45, 7) is 2.49. The minimum atomic E-state index is 0.603. The molecular formula is C18H23N3. The van der Waals surface area contributed by atoms with Crippen molar-refractivity contribution in [2.75, 3.05) is 13.1 Å². The Kier molecular flexibility index (Phi) is 2.67. The number of benzene rings is 1. The van der Waals surface area contributed by atoms with E-state index in [9.17, 15) is 0 Å². The Hall–Kier alpha value is -1.32. The van der Waals surface area contributed by atoms with Gasteiger partial charge in [-0.3, -0.25) is 4.90 Å². The molecule has 110 valence electrons. The predicted molar refractivity (Wildman–Crippen MR) is 85.5 cm³/mol. The van der Waals surface area contributed by atoms with Crippen LogP contribution >= 0.6 is 0 Å². The van der Waals surface area contributed by atoms with Gasteiger partial charge >= 0.3 is 0 Å². The van der Waals surface area contributed by atoms with E-state index in [2.05, 4.69) is 39.5 Å². The maximum absolute atomic E-state index is 3.85. The first-order valence-electron chi connectivity index (χ1n) is 8.48. The van der Waals surface area contributed by atoms with E-state index >= 15 is 0 Å². The zero-order valence-corrected chi connectivity index (χ0v) is 12.4. The molecule has 1 unspecified atom stereocenters. The number of rotatable bonds is 2. The van der Waals surface area contributed by atoms with Crippen molar-refractivity contribution in [3.63, 3.8) is 0 Å². The molecule has 0 spiro atoms. The Balaban J connectivity index is 1.50. The molecule has 2 aliphatic heterocycles. The summed E-state index contributed by atoms with van der Waals surface area (Å²) in [7, 11) is 0. The van der Waals surface area contributed by atoms with Crippen LogP contribution in [0.4, 0.5) is 0 Å². The standard InChI is InChI=1S/C18H23N3/c1-2-4-16-14(3-1)15-8-10-21-9-7-13(19-12-5-6-12)11-17(21)18(15)20-16/h1-4,12-13,17,19-20H,5-11H2/t13?,17-/m0/s1. The number of aromatic nitrogens is 1. The lowest BCUT2D eigenvalue weighted by atomic mass is 9.88. The number of hydrogen-bond donors (Lipinski definition) is 2. The number of H-pyrrole nitrogens is 1. The van der Waals surface area contributed by atoms with Crippen LogP contribution < -0.4 is 5.32 Å². The lowest BCUT2D eigenvalue weighted by Crippen LogP contribution is -2.47. The van der Waals surface area contributed by atoms with Crippen molar-refractivity contribution >= 4 is 10.9 Å². The van der Waals surface area contributed by atoms with E-state index in [1.165, 1.54) is 61.8 Å². The maximum Gasteiger partial charge on any atom is 0.0516 e. The SMILES string of the molecule is c1ccc2c3c([nH]c2c1)[C@@H]1CC(NC2CC2)CCN1CC3. The first-order valence-corrected chi connectivity index (χ1v) is 8.48. The summed E-state index contributed by atoms with van der Waals surface area (Å²) >= 11 is 0. The molecule has 1 saturated carbocycles. The molecule has 2 N–H and O–H groups in total. The van der Waals surface area contributed by atoms with Crippen molar-refractivity contribution in [3.05, 3.63) is 35.5 Å². The van der Waals surface area contributed by atoms with Crippen LogP contribution in [0.15, 0.2) is 24.3 Å². The van der Waals surface area contributed by atoms with Crippen LogP contribution in [0.25, 0.3) is 10.9 Å². The van der Waals surface area contributed by atoms with Gasteiger partial charge < -0.3 is 10.3 Å². The Morgan fingerprint density at radius 3 is 2.86 bits per heavy atom. The molecule has 2 fully saturated rings. The van der Waals surface area contributed by atoms with Crippen molar-refractivity contribution < 1.29 is 0 Å². The highest BCUT2D eigenvalue weighted by Crippen LogP contribution is 2.39. The minimum absolute atomic E-state index is 0.603. The number of aromatic amines is 1. The number of nitrogens with one attached hydrogen (secondary N) is 2. The van der Waals surface area contributed by atoms with Crippen molar-refractivity contribution in [3.8, 4) is 0 Å². The van der Waals surface area contributed by atoms with Gasteiger partial charge in [-0.05, 0) is 43.7 Å². The molecule has 1 aliphatic carbocycles. The zero-order valence-electron chi connectivity index (χ0n) is 12.4. The summed E-state index contributed by atoms with van der Waals surface area (Å²) in [5, 5.41) is 5.30. The summed E-state index contributed by atoms with van der Waals surface area (Å²) in [6, 6.07) is 11.0. The second-order valence-electron chi connectivity index (χ2n) is 7.03. The van der Waals surface area contributed by atoms with Crippen LogP contribution in [0.3, 0.4) is 0 Å². The summed E-state index contributed by atoms with van der Waals surface area (Å²) in [5.74, 6) is 0. The van der Waals surface area contributed by atoms with Crippen molar-refractivity contribution in [2.24, 2.45) is 0 Å². The van der Waals surface area contributed by atoms with E-state index in [0.29, 0.717) is 6.04 Å². The Bertz CT molecular complexity index is 670. The summed E-state index contributed by atoms with van der Waals surface area (Å²) in [4.78, 5) is 6.43. The number of hydrogen-bond acceptors (Lipinski definition) is 2. The summed E-state index contributed by atoms with van der Waals surface area (Å²) < 4.78 is 0. The highest BCUT2D eigenvalue weighted by Gasteiger charge is 2.36. The molecule has 21 heavy (non-hydrogen) atoms. The molecule has 3 aliphatic rings. The average molecular weight is 281 g/mol. The fourth-order valence-electron chi connectivity index (χ4n) is 4.35. The van der Waals surface area contributed by atoms with Crippen LogP contribution in [0.2, 0.25) is 0 Å². The fourth-order valence-corrected chi connectivity index (χ4v) is 4.35. The quantitative estimate of drug-likeness (QED) is 0.886. The molecule has 3 heteroatoms. The van der Waals surface area contributed by atoms with Gasteiger partial charge in [-0.1, -0.05) is 18.2 Å². The number of para-hydroxylation sites is 1. The number of fused-ring (bicyclic) bond motifs is 5. The normalized spacial score (nSPS) is 29.3. The lowest BCUT2D eigenvalue weighted by molar-refractivity contribution is 0.113. The number of nitrogens with zero attached hydrogens (tertiary/aromatic N) is 1. The van der Waals surface area contributed by atoms with Gasteiger partial charge in [-0.15, -0.1) is 0 Å². The predicted octanol–water partition coefficient (Wildman–Crippen LogP) is 2.98. The highest BCUT2D eigenvalue weighted by molar-refractivity contribution is 5.85. The van der Waals surface area contributed by atoms with E-state index in [1.54, 1.807) is 5.56 Å². The highest BCUT2D eigenvalue weighted by atomic mass is 15.2. The lowest BCUT2D eigenvalue weighted by Gasteiger charge is -2.42. The van der Waals surface area contributed by atoms with Gasteiger partial charge in [0.1, 0.15) is 0 Å². The molecule has 0 radical (unpaired) electrons. The molecule has 5 rings (SSSR count). The molecule has 1 aromatic heterocycles. The first-order chi connectivity index (χ1) is 10.4. The third kappa shape index (κ3) is 2.02. The fraction of sp³-hybridized carbons (Fsp3) is 0.556. The third-order valence-corrected chi connectivity index (χ3v) is 5.59. The van der Waals surface area contributed by atoms with Crippen LogP contribution in [0, 0.1) is 0 Å². The molecule has 1 aromatic carbocycles. The topological polar surface area (TPSA) is 31.1 Å². The zero-order chi connectivity index (χ0) is 13.8. The van der Waals surface area contributed by atoms with E-state index < -0.39 is 0 Å². The van der Waals surface area contributed by atoms with Gasteiger partial charge in [0, 0.05) is 41.8 Å². The van der Waals surface area contributed by atoms with E-state index in [0.717, 1.165) is 12.1 Å². The third-order valence-electron chi connectivity index (χ3n) is 5.59. The molecule has 3 nitrogen and oxygen atoms in total. The summed E-state index contributed by atoms with van der Waals surface area (Å²) in [6.07, 6.45) is 6.58. The van der Waals surface area contributed by atoms with Gasteiger partial charge in [0.25, 0.3) is 0 Å². The van der Waals surface area contributed by atoms with Gasteiger partial charge in [0.15, 0.2) is 0 Å². The van der Waals surface area contributed by atoms with Crippen molar-refractivity contribution in [1.29, 1.82) is 0 Å². The molecule has 2 atom stereocenters. The second-order valence-corrected chi connectivity index (χ2v) is 7.03. The maximum atomic E-state index is 3.85. The van der Waals surface area contributed by atoms with Gasteiger partial charge in [0.2, 0.25) is 0 Å². The second kappa shape index (κ2) is 4.59. The summed E-state index contributed by atoms with van der Waals surface area (Å²) in [5.41, 5.74) is 4.41. The molecule has 0 bridgehead atoms. The Morgan fingerprint density at radius 1 is 1.05 bits per heavy atom. The van der Waals surface area contributed by atoms with E-state index in [1.807, 2.05) is 0 Å².